The van der Waals surface area contributed by atoms with Gasteiger partial charge in [0.1, 0.15) is 5.69 Å². The quantitative estimate of drug-likeness (QED) is 0.859. The van der Waals surface area contributed by atoms with E-state index < -0.39 is 0 Å². The lowest BCUT2D eigenvalue weighted by atomic mass is 10.2. The molecule has 0 saturated heterocycles. The first-order valence-corrected chi connectivity index (χ1v) is 8.13. The molecule has 1 aromatic carbocycles. The SMILES string of the molecule is CCN(CC)C(=O)c1ccc(Nc2ccc(C)cc2Br)cn1. The van der Waals surface area contributed by atoms with Crippen molar-refractivity contribution < 1.29 is 4.79 Å². The van der Waals surface area contributed by atoms with Crippen molar-refractivity contribution in [3.63, 3.8) is 0 Å². The van der Waals surface area contributed by atoms with E-state index in [-0.39, 0.29) is 5.91 Å². The van der Waals surface area contributed by atoms with E-state index in [0.29, 0.717) is 18.8 Å². The van der Waals surface area contributed by atoms with Gasteiger partial charge in [-0.1, -0.05) is 6.07 Å². The number of halogens is 1. The van der Waals surface area contributed by atoms with E-state index in [9.17, 15) is 4.79 Å². The van der Waals surface area contributed by atoms with Crippen LogP contribution in [0.2, 0.25) is 0 Å². The molecule has 1 aromatic heterocycles. The monoisotopic (exact) mass is 361 g/mol. The number of rotatable bonds is 5. The third-order valence-electron chi connectivity index (χ3n) is 3.44. The Hall–Kier alpha value is -1.88. The zero-order valence-electron chi connectivity index (χ0n) is 13.1. The fraction of sp³-hybridized carbons (Fsp3) is 0.294. The Morgan fingerprint density at radius 3 is 2.50 bits per heavy atom. The number of nitrogens with zero attached hydrogens (tertiary/aromatic N) is 2. The van der Waals surface area contributed by atoms with E-state index in [1.165, 1.54) is 5.56 Å². The van der Waals surface area contributed by atoms with Crippen LogP contribution in [0.3, 0.4) is 0 Å². The van der Waals surface area contributed by atoms with Crippen molar-refractivity contribution in [1.29, 1.82) is 0 Å². The summed E-state index contributed by atoms with van der Waals surface area (Å²) in [6.45, 7) is 7.35. The highest BCUT2D eigenvalue weighted by Crippen LogP contribution is 2.26. The van der Waals surface area contributed by atoms with Crippen LogP contribution in [0.4, 0.5) is 11.4 Å². The number of pyridine rings is 1. The Morgan fingerprint density at radius 2 is 1.95 bits per heavy atom. The van der Waals surface area contributed by atoms with Crippen LogP contribution in [0.5, 0.6) is 0 Å². The summed E-state index contributed by atoms with van der Waals surface area (Å²) in [7, 11) is 0. The summed E-state index contributed by atoms with van der Waals surface area (Å²) >= 11 is 3.54. The maximum atomic E-state index is 12.2. The number of nitrogens with one attached hydrogen (secondary N) is 1. The summed E-state index contributed by atoms with van der Waals surface area (Å²) in [4.78, 5) is 18.2. The molecule has 5 heteroatoms. The van der Waals surface area contributed by atoms with Gasteiger partial charge in [0.2, 0.25) is 0 Å². The highest BCUT2D eigenvalue weighted by atomic mass is 79.9. The van der Waals surface area contributed by atoms with Gasteiger partial charge in [0.15, 0.2) is 0 Å². The molecule has 1 amide bonds. The molecule has 1 N–H and O–H groups in total. The maximum absolute atomic E-state index is 12.2. The lowest BCUT2D eigenvalue weighted by Crippen LogP contribution is -2.31. The molecule has 0 atom stereocenters. The zero-order chi connectivity index (χ0) is 16.1. The van der Waals surface area contributed by atoms with Crippen LogP contribution in [0.15, 0.2) is 41.0 Å². The van der Waals surface area contributed by atoms with Crippen molar-refractivity contribution in [2.45, 2.75) is 20.8 Å². The number of carbonyl (C=O) groups excluding carboxylic acids is 1. The summed E-state index contributed by atoms with van der Waals surface area (Å²) in [5, 5.41) is 3.29. The molecule has 0 saturated carbocycles. The number of amides is 1. The Bertz CT molecular complexity index is 651. The van der Waals surface area contributed by atoms with Gasteiger partial charge in [-0.2, -0.15) is 0 Å². The third-order valence-corrected chi connectivity index (χ3v) is 4.09. The first-order valence-electron chi connectivity index (χ1n) is 7.33. The fourth-order valence-corrected chi connectivity index (χ4v) is 2.74. The molecule has 0 unspecified atom stereocenters. The molecular formula is C17H20BrN3O. The maximum Gasteiger partial charge on any atom is 0.272 e. The van der Waals surface area contributed by atoms with Gasteiger partial charge in [-0.15, -0.1) is 0 Å². The first-order chi connectivity index (χ1) is 10.5. The normalized spacial score (nSPS) is 10.4. The van der Waals surface area contributed by atoms with Crippen molar-refractivity contribution >= 4 is 33.2 Å². The van der Waals surface area contributed by atoms with Gasteiger partial charge in [0, 0.05) is 17.6 Å². The average molecular weight is 362 g/mol. The van der Waals surface area contributed by atoms with Gasteiger partial charge in [0.05, 0.1) is 17.6 Å². The van der Waals surface area contributed by atoms with Crippen molar-refractivity contribution in [2.24, 2.45) is 0 Å². The van der Waals surface area contributed by atoms with Crippen molar-refractivity contribution in [1.82, 2.24) is 9.88 Å². The summed E-state index contributed by atoms with van der Waals surface area (Å²) in [5.41, 5.74) is 3.48. The molecule has 1 heterocycles. The highest BCUT2D eigenvalue weighted by molar-refractivity contribution is 9.10. The molecule has 0 aliphatic rings. The number of aromatic nitrogens is 1. The second-order valence-electron chi connectivity index (χ2n) is 5.02. The van der Waals surface area contributed by atoms with Gasteiger partial charge >= 0.3 is 0 Å². The van der Waals surface area contributed by atoms with Gasteiger partial charge in [-0.05, 0) is 66.5 Å². The van der Waals surface area contributed by atoms with E-state index in [4.69, 9.17) is 0 Å². The Kier molecular flexibility index (Phi) is 5.55. The largest absolute Gasteiger partial charge is 0.353 e. The number of anilines is 2. The van der Waals surface area contributed by atoms with Crippen LogP contribution in [0.1, 0.15) is 29.9 Å². The van der Waals surface area contributed by atoms with Crippen molar-refractivity contribution in [3.05, 3.63) is 52.3 Å². The smallest absolute Gasteiger partial charge is 0.272 e. The van der Waals surface area contributed by atoms with E-state index in [0.717, 1.165) is 15.8 Å². The van der Waals surface area contributed by atoms with Crippen LogP contribution in [-0.4, -0.2) is 28.9 Å². The minimum Gasteiger partial charge on any atom is -0.353 e. The second-order valence-corrected chi connectivity index (χ2v) is 5.87. The number of carbonyl (C=O) groups is 1. The fourth-order valence-electron chi connectivity index (χ4n) is 2.14. The number of hydrogen-bond donors (Lipinski definition) is 1. The molecule has 0 fully saturated rings. The molecule has 116 valence electrons. The van der Waals surface area contributed by atoms with Crippen LogP contribution in [-0.2, 0) is 0 Å². The van der Waals surface area contributed by atoms with Crippen LogP contribution in [0.25, 0.3) is 0 Å². The van der Waals surface area contributed by atoms with Crippen LogP contribution >= 0.6 is 15.9 Å². The van der Waals surface area contributed by atoms with Crippen molar-refractivity contribution in [2.75, 3.05) is 18.4 Å². The van der Waals surface area contributed by atoms with Gasteiger partial charge < -0.3 is 10.2 Å². The minimum absolute atomic E-state index is 0.0342. The second kappa shape index (κ2) is 7.40. The Morgan fingerprint density at radius 1 is 1.23 bits per heavy atom. The van der Waals surface area contributed by atoms with Gasteiger partial charge in [-0.3, -0.25) is 4.79 Å². The average Bonchev–Trinajstić information content (AvgIpc) is 2.52. The van der Waals surface area contributed by atoms with Gasteiger partial charge in [-0.25, -0.2) is 4.98 Å². The summed E-state index contributed by atoms with van der Waals surface area (Å²) < 4.78 is 0.996. The molecule has 2 aromatic rings. The molecule has 0 aliphatic heterocycles. The Balaban J connectivity index is 2.13. The third kappa shape index (κ3) is 3.85. The molecule has 0 radical (unpaired) electrons. The van der Waals surface area contributed by atoms with E-state index in [1.807, 2.05) is 45.0 Å². The summed E-state index contributed by atoms with van der Waals surface area (Å²) in [5.74, 6) is -0.0342. The number of benzene rings is 1. The lowest BCUT2D eigenvalue weighted by Gasteiger charge is -2.18. The molecule has 0 spiro atoms. The minimum atomic E-state index is -0.0342. The molecule has 0 aliphatic carbocycles. The molecule has 2 rings (SSSR count). The number of aryl methyl sites for hydroxylation is 1. The van der Waals surface area contributed by atoms with Gasteiger partial charge in [0.25, 0.3) is 5.91 Å². The Labute approximate surface area is 139 Å². The standard InChI is InChI=1S/C17H20BrN3O/c1-4-21(5-2)17(22)16-9-7-13(11-19-16)20-15-8-6-12(3)10-14(15)18/h6-11,20H,4-5H2,1-3H3. The molecule has 22 heavy (non-hydrogen) atoms. The molecular weight excluding hydrogens is 342 g/mol. The van der Waals surface area contributed by atoms with E-state index in [1.54, 1.807) is 17.2 Å². The first kappa shape index (κ1) is 16.5. The van der Waals surface area contributed by atoms with E-state index in [2.05, 4.69) is 26.2 Å². The van der Waals surface area contributed by atoms with Crippen LogP contribution in [0, 0.1) is 6.92 Å². The molecule has 0 bridgehead atoms. The van der Waals surface area contributed by atoms with E-state index >= 15 is 0 Å². The van der Waals surface area contributed by atoms with Crippen molar-refractivity contribution in [3.8, 4) is 0 Å². The predicted octanol–water partition coefficient (Wildman–Crippen LogP) is 4.38. The lowest BCUT2D eigenvalue weighted by molar-refractivity contribution is 0.0767. The topological polar surface area (TPSA) is 45.2 Å². The highest BCUT2D eigenvalue weighted by Gasteiger charge is 2.13. The number of hydrogen-bond acceptors (Lipinski definition) is 3. The zero-order valence-corrected chi connectivity index (χ0v) is 14.6. The summed E-state index contributed by atoms with van der Waals surface area (Å²) in [6, 6.07) is 9.72. The summed E-state index contributed by atoms with van der Waals surface area (Å²) in [6.07, 6.45) is 1.68. The molecule has 4 nitrogen and oxygen atoms in total. The van der Waals surface area contributed by atoms with Crippen LogP contribution < -0.4 is 5.32 Å². The predicted molar refractivity (Wildman–Crippen MR) is 93.7 cm³/mol.